The number of ether oxygens (including phenoxy) is 3. The molecule has 0 saturated heterocycles. The Morgan fingerprint density at radius 3 is 2.29 bits per heavy atom. The Labute approximate surface area is 99.3 Å². The van der Waals surface area contributed by atoms with E-state index in [1.807, 2.05) is 6.07 Å². The second kappa shape index (κ2) is 6.52. The van der Waals surface area contributed by atoms with E-state index in [4.69, 9.17) is 4.74 Å². The molecule has 0 radical (unpaired) electrons. The van der Waals surface area contributed by atoms with E-state index in [-0.39, 0.29) is 6.42 Å². The van der Waals surface area contributed by atoms with Crippen LogP contribution in [0.5, 0.6) is 5.75 Å². The van der Waals surface area contributed by atoms with E-state index >= 15 is 0 Å². The molecule has 0 heterocycles. The van der Waals surface area contributed by atoms with Gasteiger partial charge in [0, 0.05) is 0 Å². The number of para-hydroxylation sites is 1. The summed E-state index contributed by atoms with van der Waals surface area (Å²) in [7, 11) is 2.49. The normalized spacial score (nSPS) is 11.4. The minimum Gasteiger partial charge on any atom is -0.478 e. The lowest BCUT2D eigenvalue weighted by Gasteiger charge is -2.15. The fraction of sp³-hybridized carbons (Fsp3) is 0.333. The van der Waals surface area contributed by atoms with E-state index in [1.54, 1.807) is 24.3 Å². The molecule has 0 aliphatic heterocycles. The summed E-state index contributed by atoms with van der Waals surface area (Å²) in [6.45, 7) is 0. The first-order valence-corrected chi connectivity index (χ1v) is 5.03. The molecule has 0 amide bonds. The van der Waals surface area contributed by atoms with Gasteiger partial charge in [0.05, 0.1) is 20.6 Å². The number of carbonyl (C=O) groups is 2. The molecule has 5 nitrogen and oxygen atoms in total. The zero-order valence-electron chi connectivity index (χ0n) is 9.71. The molecule has 1 rings (SSSR count). The number of rotatable bonds is 5. The molecule has 0 aliphatic rings. The minimum absolute atomic E-state index is 0.182. The van der Waals surface area contributed by atoms with Gasteiger partial charge in [-0.1, -0.05) is 18.2 Å². The lowest BCUT2D eigenvalue weighted by atomic mass is 10.2. The SMILES string of the molecule is COC(=O)C[C@H](Oc1ccccc1)C(=O)OC. The van der Waals surface area contributed by atoms with Crippen molar-refractivity contribution >= 4 is 11.9 Å². The second-order valence-corrected chi connectivity index (χ2v) is 3.22. The summed E-state index contributed by atoms with van der Waals surface area (Å²) >= 11 is 0. The van der Waals surface area contributed by atoms with Crippen LogP contribution in [0.15, 0.2) is 30.3 Å². The molecule has 0 N–H and O–H groups in total. The van der Waals surface area contributed by atoms with Crippen LogP contribution in [0, 0.1) is 0 Å². The quantitative estimate of drug-likeness (QED) is 0.720. The summed E-state index contributed by atoms with van der Waals surface area (Å²) in [5.41, 5.74) is 0. The molecular weight excluding hydrogens is 224 g/mol. The zero-order valence-corrected chi connectivity index (χ0v) is 9.71. The number of esters is 2. The van der Waals surface area contributed by atoms with E-state index < -0.39 is 18.0 Å². The number of carbonyl (C=O) groups excluding carboxylic acids is 2. The van der Waals surface area contributed by atoms with Gasteiger partial charge in [0.25, 0.3) is 0 Å². The molecule has 0 aliphatic carbocycles. The molecule has 0 spiro atoms. The van der Waals surface area contributed by atoms with Crippen LogP contribution in [0.2, 0.25) is 0 Å². The highest BCUT2D eigenvalue weighted by atomic mass is 16.6. The summed E-state index contributed by atoms with van der Waals surface area (Å²) in [6.07, 6.45) is -1.17. The average molecular weight is 238 g/mol. The van der Waals surface area contributed by atoms with Gasteiger partial charge in [0.1, 0.15) is 5.75 Å². The second-order valence-electron chi connectivity index (χ2n) is 3.22. The smallest absolute Gasteiger partial charge is 0.347 e. The minimum atomic E-state index is -0.991. The predicted octanol–water partition coefficient (Wildman–Crippen LogP) is 1.17. The van der Waals surface area contributed by atoms with Crippen LogP contribution in [0.3, 0.4) is 0 Å². The van der Waals surface area contributed by atoms with Crippen LogP contribution in [-0.2, 0) is 19.1 Å². The summed E-state index contributed by atoms with van der Waals surface area (Å²) in [5.74, 6) is -0.651. The molecule has 1 aromatic carbocycles. The highest BCUT2D eigenvalue weighted by molar-refractivity contribution is 5.82. The third-order valence-electron chi connectivity index (χ3n) is 2.07. The highest BCUT2D eigenvalue weighted by Gasteiger charge is 2.25. The van der Waals surface area contributed by atoms with Crippen LogP contribution in [0.4, 0.5) is 0 Å². The van der Waals surface area contributed by atoms with Crippen LogP contribution in [0.1, 0.15) is 6.42 Å². The molecule has 0 unspecified atom stereocenters. The predicted molar refractivity (Wildman–Crippen MR) is 59.5 cm³/mol. The summed E-state index contributed by atoms with van der Waals surface area (Å²) in [6, 6.07) is 8.73. The van der Waals surface area contributed by atoms with Crippen molar-refractivity contribution in [1.29, 1.82) is 0 Å². The largest absolute Gasteiger partial charge is 0.478 e. The first-order valence-electron chi connectivity index (χ1n) is 5.03. The Bertz CT molecular complexity index is 374. The van der Waals surface area contributed by atoms with E-state index in [9.17, 15) is 9.59 Å². The van der Waals surface area contributed by atoms with Crippen molar-refractivity contribution < 1.29 is 23.8 Å². The van der Waals surface area contributed by atoms with Crippen molar-refractivity contribution in [2.24, 2.45) is 0 Å². The maximum atomic E-state index is 11.4. The average Bonchev–Trinajstić information content (AvgIpc) is 2.38. The van der Waals surface area contributed by atoms with Gasteiger partial charge in [-0.05, 0) is 12.1 Å². The van der Waals surface area contributed by atoms with E-state index in [0.29, 0.717) is 5.75 Å². The Morgan fingerprint density at radius 2 is 1.76 bits per heavy atom. The van der Waals surface area contributed by atoms with Crippen LogP contribution in [0.25, 0.3) is 0 Å². The van der Waals surface area contributed by atoms with Gasteiger partial charge in [-0.15, -0.1) is 0 Å². The van der Waals surface area contributed by atoms with Gasteiger partial charge in [0.2, 0.25) is 6.10 Å². The highest BCUT2D eigenvalue weighted by Crippen LogP contribution is 2.13. The summed E-state index contributed by atoms with van der Waals surface area (Å²) in [5, 5.41) is 0. The Kier molecular flexibility index (Phi) is 5.00. The number of hydrogen-bond donors (Lipinski definition) is 0. The van der Waals surface area contributed by atoms with Crippen molar-refractivity contribution in [1.82, 2.24) is 0 Å². The standard InChI is InChI=1S/C12H14O5/c1-15-11(13)8-10(12(14)16-2)17-9-6-4-3-5-7-9/h3-7,10H,8H2,1-2H3/t10-/m0/s1. The molecule has 5 heteroatoms. The fourth-order valence-corrected chi connectivity index (χ4v) is 1.20. The monoisotopic (exact) mass is 238 g/mol. The molecule has 17 heavy (non-hydrogen) atoms. The van der Waals surface area contributed by atoms with Crippen molar-refractivity contribution in [2.75, 3.05) is 14.2 Å². The van der Waals surface area contributed by atoms with Crippen molar-refractivity contribution in [3.8, 4) is 5.75 Å². The molecule has 0 aromatic heterocycles. The number of hydrogen-bond acceptors (Lipinski definition) is 5. The molecule has 1 aromatic rings. The van der Waals surface area contributed by atoms with Crippen LogP contribution in [-0.4, -0.2) is 32.3 Å². The summed E-state index contributed by atoms with van der Waals surface area (Å²) < 4.78 is 14.4. The molecule has 0 saturated carbocycles. The van der Waals surface area contributed by atoms with Gasteiger partial charge in [-0.3, -0.25) is 4.79 Å². The van der Waals surface area contributed by atoms with Gasteiger partial charge >= 0.3 is 11.9 Å². The Morgan fingerprint density at radius 1 is 1.12 bits per heavy atom. The van der Waals surface area contributed by atoms with Crippen molar-refractivity contribution in [2.45, 2.75) is 12.5 Å². The van der Waals surface area contributed by atoms with Gasteiger partial charge in [-0.25, -0.2) is 4.79 Å². The van der Waals surface area contributed by atoms with Gasteiger partial charge in [0.15, 0.2) is 0 Å². The topological polar surface area (TPSA) is 61.8 Å². The lowest BCUT2D eigenvalue weighted by molar-refractivity contribution is -0.155. The first-order chi connectivity index (χ1) is 8.17. The zero-order chi connectivity index (χ0) is 12.7. The Hall–Kier alpha value is -2.04. The third-order valence-corrected chi connectivity index (χ3v) is 2.07. The fourth-order valence-electron chi connectivity index (χ4n) is 1.20. The molecule has 1 atom stereocenters. The Balaban J connectivity index is 2.70. The first kappa shape index (κ1) is 13.0. The molecule has 0 fully saturated rings. The number of methoxy groups -OCH3 is 2. The molecule has 92 valence electrons. The molecular formula is C12H14O5. The van der Waals surface area contributed by atoms with Crippen molar-refractivity contribution in [3.05, 3.63) is 30.3 Å². The lowest BCUT2D eigenvalue weighted by Crippen LogP contribution is -2.31. The van der Waals surface area contributed by atoms with Gasteiger partial charge in [-0.2, -0.15) is 0 Å². The maximum Gasteiger partial charge on any atom is 0.347 e. The van der Waals surface area contributed by atoms with Crippen LogP contribution >= 0.6 is 0 Å². The van der Waals surface area contributed by atoms with E-state index in [0.717, 1.165) is 0 Å². The number of benzene rings is 1. The maximum absolute atomic E-state index is 11.4. The third kappa shape index (κ3) is 4.14. The van der Waals surface area contributed by atoms with Gasteiger partial charge < -0.3 is 14.2 Å². The van der Waals surface area contributed by atoms with Crippen molar-refractivity contribution in [3.63, 3.8) is 0 Å². The van der Waals surface area contributed by atoms with Crippen LogP contribution < -0.4 is 4.74 Å². The van der Waals surface area contributed by atoms with E-state index in [2.05, 4.69) is 9.47 Å². The summed E-state index contributed by atoms with van der Waals surface area (Å²) in [4.78, 5) is 22.5. The molecule has 0 bridgehead atoms. The van der Waals surface area contributed by atoms with E-state index in [1.165, 1.54) is 14.2 Å².